The molecule has 1 heterocycles. The van der Waals surface area contributed by atoms with Crippen LogP contribution in [-0.4, -0.2) is 61.2 Å². The number of carbonyl (C=O) groups is 3. The molecule has 0 bridgehead atoms. The number of carbonyl (C=O) groups excluding carboxylic acids is 2. The average Bonchev–Trinajstić information content (AvgIpc) is 3.14. The van der Waals surface area contributed by atoms with Gasteiger partial charge in [0.2, 0.25) is 5.91 Å². The fourth-order valence-electron chi connectivity index (χ4n) is 5.53. The van der Waals surface area contributed by atoms with Gasteiger partial charge in [-0.1, -0.05) is 88.4 Å². The summed E-state index contributed by atoms with van der Waals surface area (Å²) in [6.07, 6.45) is -1.36. The first-order valence-corrected chi connectivity index (χ1v) is 15.4. The first-order valence-electron chi connectivity index (χ1n) is 13.5. The third-order valence-electron chi connectivity index (χ3n) is 7.43. The van der Waals surface area contributed by atoms with Crippen LogP contribution < -0.4 is 15.7 Å². The molecule has 2 aromatic carbocycles. The molecule has 0 saturated carbocycles. The Kier molecular flexibility index (Phi) is 8.97. The zero-order chi connectivity index (χ0) is 29.1. The van der Waals surface area contributed by atoms with Crippen LogP contribution in [0.1, 0.15) is 61.3 Å². The summed E-state index contributed by atoms with van der Waals surface area (Å²) in [6, 6.07) is 19.5. The van der Waals surface area contributed by atoms with E-state index in [1.54, 1.807) is 20.8 Å². The summed E-state index contributed by atoms with van der Waals surface area (Å²) in [6.45, 7) is 13.6. The molecule has 1 fully saturated rings. The highest BCUT2D eigenvalue weighted by atomic mass is 28.4. The minimum absolute atomic E-state index is 0.0171. The number of likely N-dealkylation sites (tertiary alicyclic amines) is 1. The number of nitrogens with zero attached hydrogens (tertiary/aromatic N) is 1. The van der Waals surface area contributed by atoms with Gasteiger partial charge in [0, 0.05) is 6.54 Å². The minimum atomic E-state index is -2.94. The summed E-state index contributed by atoms with van der Waals surface area (Å²) in [7, 11) is -2.94. The van der Waals surface area contributed by atoms with Crippen LogP contribution in [0, 0.1) is 5.41 Å². The highest BCUT2D eigenvalue weighted by molar-refractivity contribution is 6.99. The predicted molar refractivity (Wildman–Crippen MR) is 154 cm³/mol. The number of ether oxygens (including phenoxy) is 1. The van der Waals surface area contributed by atoms with Crippen LogP contribution in [0.3, 0.4) is 0 Å². The van der Waals surface area contributed by atoms with E-state index in [0.717, 1.165) is 15.3 Å². The Labute approximate surface area is 232 Å². The monoisotopic (exact) mass is 554 g/mol. The molecular weight excluding hydrogens is 512 g/mol. The van der Waals surface area contributed by atoms with Gasteiger partial charge >= 0.3 is 12.2 Å². The molecule has 1 aliphatic heterocycles. The molecule has 0 unspecified atom stereocenters. The van der Waals surface area contributed by atoms with Crippen LogP contribution in [-0.2, 0) is 14.0 Å². The maximum Gasteiger partial charge on any atom is 0.414 e. The Balaban J connectivity index is 1.96. The van der Waals surface area contributed by atoms with Crippen molar-refractivity contribution in [1.29, 1.82) is 0 Å². The lowest BCUT2D eigenvalue weighted by atomic mass is 9.82. The number of rotatable bonds is 8. The number of carboxylic acid groups (broad SMARTS) is 1. The molecule has 0 aliphatic carbocycles. The zero-order valence-corrected chi connectivity index (χ0v) is 25.1. The average molecular weight is 555 g/mol. The molecule has 2 atom stereocenters. The molecule has 1 saturated heterocycles. The number of amides is 3. The van der Waals surface area contributed by atoms with E-state index in [9.17, 15) is 19.5 Å². The summed E-state index contributed by atoms with van der Waals surface area (Å²) in [5, 5.41) is 14.6. The molecule has 39 heavy (non-hydrogen) atoms. The van der Waals surface area contributed by atoms with Crippen molar-refractivity contribution >= 4 is 36.8 Å². The van der Waals surface area contributed by atoms with Crippen LogP contribution in [0.4, 0.5) is 9.59 Å². The van der Waals surface area contributed by atoms with Gasteiger partial charge in [-0.3, -0.25) is 4.79 Å². The van der Waals surface area contributed by atoms with Gasteiger partial charge in [0.1, 0.15) is 5.60 Å². The van der Waals surface area contributed by atoms with Gasteiger partial charge < -0.3 is 19.6 Å². The van der Waals surface area contributed by atoms with Gasteiger partial charge in [0.05, 0.1) is 18.1 Å². The highest BCUT2D eigenvalue weighted by Crippen LogP contribution is 2.41. The lowest BCUT2D eigenvalue weighted by Crippen LogP contribution is -2.67. The van der Waals surface area contributed by atoms with Gasteiger partial charge in [-0.25, -0.2) is 14.5 Å². The van der Waals surface area contributed by atoms with Crippen molar-refractivity contribution < 1.29 is 28.7 Å². The van der Waals surface area contributed by atoms with E-state index in [1.165, 1.54) is 0 Å². The quantitative estimate of drug-likeness (QED) is 0.456. The molecule has 0 radical (unpaired) electrons. The molecule has 212 valence electrons. The van der Waals surface area contributed by atoms with Crippen LogP contribution in [0.25, 0.3) is 0 Å². The van der Waals surface area contributed by atoms with E-state index in [0.29, 0.717) is 6.42 Å². The lowest BCUT2D eigenvalue weighted by Gasteiger charge is -2.43. The topological polar surface area (TPSA) is 105 Å². The Bertz CT molecular complexity index is 1120. The van der Waals surface area contributed by atoms with Crippen LogP contribution in [0.2, 0.25) is 5.04 Å². The summed E-state index contributed by atoms with van der Waals surface area (Å²) in [5.74, 6) is -0.524. The second-order valence-electron chi connectivity index (χ2n) is 12.3. The molecule has 0 aromatic heterocycles. The van der Waals surface area contributed by atoms with Crippen molar-refractivity contribution in [2.75, 3.05) is 13.2 Å². The van der Waals surface area contributed by atoms with Gasteiger partial charge in [-0.05, 0) is 49.0 Å². The first-order chi connectivity index (χ1) is 18.2. The predicted octanol–water partition coefficient (Wildman–Crippen LogP) is 4.76. The summed E-state index contributed by atoms with van der Waals surface area (Å²) in [5.41, 5.74) is -1.77. The molecule has 2 aromatic rings. The number of hydrogen-bond donors (Lipinski definition) is 2. The molecule has 2 N–H and O–H groups in total. The molecular formula is C30H42N2O6Si. The van der Waals surface area contributed by atoms with E-state index < -0.39 is 43.5 Å². The minimum Gasteiger partial charge on any atom is -0.465 e. The first kappa shape index (κ1) is 30.4. The Hall–Kier alpha value is -3.17. The van der Waals surface area contributed by atoms with E-state index in [-0.39, 0.29) is 24.6 Å². The highest BCUT2D eigenvalue weighted by Gasteiger charge is 2.56. The maximum absolute atomic E-state index is 13.6. The largest absolute Gasteiger partial charge is 0.465 e. The Morgan fingerprint density at radius 1 is 1.00 bits per heavy atom. The molecule has 0 spiro atoms. The molecule has 3 amide bonds. The van der Waals surface area contributed by atoms with Crippen molar-refractivity contribution in [2.45, 2.75) is 78.0 Å². The summed E-state index contributed by atoms with van der Waals surface area (Å²) >= 11 is 0. The number of imide groups is 1. The van der Waals surface area contributed by atoms with Gasteiger partial charge in [0.25, 0.3) is 8.32 Å². The van der Waals surface area contributed by atoms with E-state index >= 15 is 0 Å². The number of nitrogens with one attached hydrogen (secondary N) is 1. The van der Waals surface area contributed by atoms with E-state index in [4.69, 9.17) is 9.16 Å². The van der Waals surface area contributed by atoms with Gasteiger partial charge in [-0.2, -0.15) is 0 Å². The SMILES string of the molecule is CC[C@@]1(CNC(=O)OC(C)(C)C)C[C@@H](CO[Si](c2ccccc2)(c2ccccc2)C(C)(C)C)N(C(=O)O)C1=O. The molecule has 1 aliphatic rings. The fraction of sp³-hybridized carbons (Fsp3) is 0.500. The maximum atomic E-state index is 13.6. The fourth-order valence-corrected chi connectivity index (χ4v) is 10.1. The van der Waals surface area contributed by atoms with Gasteiger partial charge in [0.15, 0.2) is 0 Å². The summed E-state index contributed by atoms with van der Waals surface area (Å²) < 4.78 is 12.3. The van der Waals surface area contributed by atoms with Crippen molar-refractivity contribution in [1.82, 2.24) is 10.2 Å². The smallest absolute Gasteiger partial charge is 0.414 e. The number of hydrogen-bond acceptors (Lipinski definition) is 5. The molecule has 9 heteroatoms. The lowest BCUT2D eigenvalue weighted by molar-refractivity contribution is -0.135. The zero-order valence-electron chi connectivity index (χ0n) is 24.1. The third-order valence-corrected chi connectivity index (χ3v) is 12.4. The van der Waals surface area contributed by atoms with Crippen molar-refractivity contribution in [3.05, 3.63) is 60.7 Å². The Morgan fingerprint density at radius 2 is 1.51 bits per heavy atom. The van der Waals surface area contributed by atoms with Crippen molar-refractivity contribution in [2.24, 2.45) is 5.41 Å². The van der Waals surface area contributed by atoms with Crippen molar-refractivity contribution in [3.63, 3.8) is 0 Å². The third kappa shape index (κ3) is 6.36. The summed E-state index contributed by atoms with van der Waals surface area (Å²) in [4.78, 5) is 39.2. The van der Waals surface area contributed by atoms with Gasteiger partial charge in [-0.15, -0.1) is 0 Å². The normalized spacial score (nSPS) is 20.1. The second kappa shape index (κ2) is 11.5. The van der Waals surface area contributed by atoms with E-state index in [1.807, 2.05) is 43.3 Å². The standard InChI is InChI=1S/C30H42N2O6Si/c1-8-30(21-31-26(34)38-28(2,3)4)19-22(32(25(30)33)27(35)36)20-37-39(29(5,6)7,23-15-11-9-12-16-23)24-17-13-10-14-18-24/h9-18,22H,8,19-21H2,1-7H3,(H,31,34)(H,35,36)/t22-,30-/m0/s1. The second-order valence-corrected chi connectivity index (χ2v) is 16.6. The van der Waals surface area contributed by atoms with Crippen LogP contribution in [0.5, 0.6) is 0 Å². The number of benzene rings is 2. The molecule has 3 rings (SSSR count). The number of alkyl carbamates (subject to hydrolysis) is 1. The van der Waals surface area contributed by atoms with Crippen LogP contribution in [0.15, 0.2) is 60.7 Å². The molecule has 8 nitrogen and oxygen atoms in total. The Morgan fingerprint density at radius 3 is 1.92 bits per heavy atom. The van der Waals surface area contributed by atoms with Crippen LogP contribution >= 0.6 is 0 Å². The van der Waals surface area contributed by atoms with Crippen molar-refractivity contribution in [3.8, 4) is 0 Å². The van der Waals surface area contributed by atoms with E-state index in [2.05, 4.69) is 50.4 Å².